The topological polar surface area (TPSA) is 71.7 Å². The number of halogens is 1. The molecular weight excluding hydrogens is 478 g/mol. The number of para-hydroxylation sites is 1. The van der Waals surface area contributed by atoms with E-state index in [1.165, 1.54) is 35.6 Å². The molecular formula is C24H26ClN3O3S2. The van der Waals surface area contributed by atoms with Crippen LogP contribution in [0.4, 0.5) is 0 Å². The summed E-state index contributed by atoms with van der Waals surface area (Å²) in [5.41, 5.74) is 1.14. The minimum Gasteiger partial charge on any atom is -0.311 e. The first kappa shape index (κ1) is 23.9. The molecule has 3 aromatic rings. The van der Waals surface area contributed by atoms with Crippen molar-refractivity contribution < 1.29 is 13.2 Å². The predicted octanol–water partition coefficient (Wildman–Crippen LogP) is 5.24. The van der Waals surface area contributed by atoms with Crippen LogP contribution in [-0.4, -0.2) is 35.8 Å². The van der Waals surface area contributed by atoms with Crippen molar-refractivity contribution in [2.45, 2.75) is 50.1 Å². The maximum Gasteiger partial charge on any atom is 0.279 e. The van der Waals surface area contributed by atoms with Crippen LogP contribution in [0.3, 0.4) is 0 Å². The molecule has 0 spiro atoms. The highest BCUT2D eigenvalue weighted by Crippen LogP contribution is 2.28. The average Bonchev–Trinajstić information content (AvgIpc) is 3.17. The SMILES string of the molecule is C=CCn1c(=NC(=O)c2ccc(S(=O)(=O)N3CCCCC3CC)cc2)sc2cccc(Cl)c21. The second kappa shape index (κ2) is 9.93. The summed E-state index contributed by atoms with van der Waals surface area (Å²) in [6, 6.07) is 11.7. The lowest BCUT2D eigenvalue weighted by molar-refractivity contribution is 0.0997. The summed E-state index contributed by atoms with van der Waals surface area (Å²) in [6.45, 7) is 6.80. The minimum absolute atomic E-state index is 0.0279. The molecule has 1 saturated heterocycles. The maximum absolute atomic E-state index is 13.2. The van der Waals surface area contributed by atoms with Crippen LogP contribution >= 0.6 is 22.9 Å². The summed E-state index contributed by atoms with van der Waals surface area (Å²) in [6.07, 6.45) is 5.32. The van der Waals surface area contributed by atoms with Crippen LogP contribution in [0, 0.1) is 0 Å². The molecule has 1 aliphatic heterocycles. The van der Waals surface area contributed by atoms with E-state index in [9.17, 15) is 13.2 Å². The molecule has 0 saturated carbocycles. The Hall–Kier alpha value is -2.26. The molecule has 1 unspecified atom stereocenters. The van der Waals surface area contributed by atoms with Crippen LogP contribution in [0.2, 0.25) is 5.02 Å². The molecule has 1 atom stereocenters. The minimum atomic E-state index is -3.60. The molecule has 1 aromatic heterocycles. The van der Waals surface area contributed by atoms with Gasteiger partial charge in [0.1, 0.15) is 0 Å². The van der Waals surface area contributed by atoms with Gasteiger partial charge in [0.15, 0.2) is 4.80 Å². The van der Waals surface area contributed by atoms with E-state index in [1.54, 1.807) is 16.4 Å². The first-order valence-electron chi connectivity index (χ1n) is 11.0. The zero-order chi connectivity index (χ0) is 23.6. The zero-order valence-corrected chi connectivity index (χ0v) is 20.8. The van der Waals surface area contributed by atoms with Crippen molar-refractivity contribution in [3.63, 3.8) is 0 Å². The van der Waals surface area contributed by atoms with Crippen LogP contribution in [0.15, 0.2) is 65.0 Å². The third-order valence-corrected chi connectivity index (χ3v) is 9.23. The van der Waals surface area contributed by atoms with E-state index in [0.717, 1.165) is 35.9 Å². The standard InChI is InChI=1S/C24H26ClN3O3S2/c1-3-15-27-22-20(25)9-7-10-21(22)32-24(27)26-23(29)17-11-13-19(14-12-17)33(30,31)28-16-6-5-8-18(28)4-2/h3,7,9-14,18H,1,4-6,8,15-16H2,2H3. The Balaban J connectivity index is 1.66. The van der Waals surface area contributed by atoms with Gasteiger partial charge in [-0.3, -0.25) is 4.79 Å². The number of fused-ring (bicyclic) bond motifs is 1. The molecule has 2 heterocycles. The number of hydrogen-bond acceptors (Lipinski definition) is 4. The van der Waals surface area contributed by atoms with E-state index in [0.29, 0.717) is 28.5 Å². The Morgan fingerprint density at radius 3 is 2.70 bits per heavy atom. The molecule has 6 nitrogen and oxygen atoms in total. The van der Waals surface area contributed by atoms with E-state index in [4.69, 9.17) is 11.6 Å². The number of sulfonamides is 1. The highest BCUT2D eigenvalue weighted by Gasteiger charge is 2.32. The largest absolute Gasteiger partial charge is 0.311 e. The monoisotopic (exact) mass is 503 g/mol. The second-order valence-corrected chi connectivity index (χ2v) is 11.3. The first-order valence-corrected chi connectivity index (χ1v) is 13.6. The van der Waals surface area contributed by atoms with E-state index < -0.39 is 15.9 Å². The van der Waals surface area contributed by atoms with Crippen molar-refractivity contribution in [2.24, 2.45) is 4.99 Å². The number of carbonyl (C=O) groups excluding carboxylic acids is 1. The molecule has 0 bridgehead atoms. The van der Waals surface area contributed by atoms with Gasteiger partial charge in [0.05, 0.1) is 20.1 Å². The van der Waals surface area contributed by atoms with Gasteiger partial charge in [0, 0.05) is 24.7 Å². The molecule has 0 aliphatic carbocycles. The lowest BCUT2D eigenvalue weighted by Crippen LogP contribution is -2.43. The highest BCUT2D eigenvalue weighted by atomic mass is 35.5. The van der Waals surface area contributed by atoms with Crippen molar-refractivity contribution in [2.75, 3.05) is 6.54 Å². The van der Waals surface area contributed by atoms with Crippen molar-refractivity contribution in [1.29, 1.82) is 0 Å². The van der Waals surface area contributed by atoms with Crippen LogP contribution in [0.5, 0.6) is 0 Å². The Morgan fingerprint density at radius 1 is 1.24 bits per heavy atom. The number of piperidine rings is 1. The molecule has 33 heavy (non-hydrogen) atoms. The lowest BCUT2D eigenvalue weighted by Gasteiger charge is -2.34. The number of aromatic nitrogens is 1. The van der Waals surface area contributed by atoms with Crippen molar-refractivity contribution in [3.05, 3.63) is 70.5 Å². The van der Waals surface area contributed by atoms with Gasteiger partial charge in [-0.25, -0.2) is 8.42 Å². The quantitative estimate of drug-likeness (QED) is 0.432. The normalized spacial score (nSPS) is 18.0. The molecule has 1 aliphatic rings. The summed E-state index contributed by atoms with van der Waals surface area (Å²) in [5.74, 6) is -0.441. The Kier molecular flexibility index (Phi) is 7.19. The molecule has 2 aromatic carbocycles. The van der Waals surface area contributed by atoms with Gasteiger partial charge < -0.3 is 4.57 Å². The van der Waals surface area contributed by atoms with Gasteiger partial charge in [-0.2, -0.15) is 9.30 Å². The molecule has 174 valence electrons. The highest BCUT2D eigenvalue weighted by molar-refractivity contribution is 7.89. The van der Waals surface area contributed by atoms with E-state index in [1.807, 2.05) is 23.6 Å². The zero-order valence-electron chi connectivity index (χ0n) is 18.4. The van der Waals surface area contributed by atoms with Crippen molar-refractivity contribution >= 4 is 49.1 Å². The smallest absolute Gasteiger partial charge is 0.279 e. The van der Waals surface area contributed by atoms with Crippen LogP contribution in [0.25, 0.3) is 10.2 Å². The summed E-state index contributed by atoms with van der Waals surface area (Å²) in [7, 11) is -3.60. The van der Waals surface area contributed by atoms with Crippen molar-refractivity contribution in [1.82, 2.24) is 8.87 Å². The van der Waals surface area contributed by atoms with Gasteiger partial charge >= 0.3 is 0 Å². The molecule has 0 radical (unpaired) electrons. The fourth-order valence-corrected chi connectivity index (χ4v) is 7.39. The fraction of sp³-hybridized carbons (Fsp3) is 0.333. The molecule has 1 amide bonds. The van der Waals surface area contributed by atoms with Gasteiger partial charge in [0.25, 0.3) is 5.91 Å². The maximum atomic E-state index is 13.2. The number of allylic oxidation sites excluding steroid dienone is 1. The number of amides is 1. The fourth-order valence-electron chi connectivity index (χ4n) is 4.23. The number of hydrogen-bond donors (Lipinski definition) is 0. The lowest BCUT2D eigenvalue weighted by atomic mass is 10.0. The molecule has 0 N–H and O–H groups in total. The number of rotatable bonds is 6. The third kappa shape index (κ3) is 4.71. The molecule has 9 heteroatoms. The number of thiazole rings is 1. The van der Waals surface area contributed by atoms with Crippen LogP contribution in [-0.2, 0) is 16.6 Å². The molecule has 4 rings (SSSR count). The Labute approximate surface area is 202 Å². The van der Waals surface area contributed by atoms with Crippen molar-refractivity contribution in [3.8, 4) is 0 Å². The van der Waals surface area contributed by atoms with E-state index in [2.05, 4.69) is 11.6 Å². The van der Waals surface area contributed by atoms with Crippen LogP contribution < -0.4 is 4.80 Å². The number of benzene rings is 2. The van der Waals surface area contributed by atoms with Gasteiger partial charge in [-0.15, -0.1) is 6.58 Å². The molecule has 1 fully saturated rings. The second-order valence-electron chi connectivity index (χ2n) is 7.99. The summed E-state index contributed by atoms with van der Waals surface area (Å²) in [4.78, 5) is 17.9. The summed E-state index contributed by atoms with van der Waals surface area (Å²) < 4.78 is 30.7. The summed E-state index contributed by atoms with van der Waals surface area (Å²) >= 11 is 7.74. The third-order valence-electron chi connectivity index (χ3n) is 5.91. The summed E-state index contributed by atoms with van der Waals surface area (Å²) in [5, 5.41) is 0.581. The van der Waals surface area contributed by atoms with Gasteiger partial charge in [-0.05, 0) is 55.7 Å². The van der Waals surface area contributed by atoms with Crippen LogP contribution in [0.1, 0.15) is 43.0 Å². The predicted molar refractivity (Wildman–Crippen MR) is 133 cm³/mol. The van der Waals surface area contributed by atoms with Gasteiger partial charge in [0.2, 0.25) is 10.0 Å². The average molecular weight is 504 g/mol. The Bertz CT molecular complexity index is 1360. The van der Waals surface area contributed by atoms with E-state index >= 15 is 0 Å². The number of nitrogens with zero attached hydrogens (tertiary/aromatic N) is 3. The number of carbonyl (C=O) groups is 1. The van der Waals surface area contributed by atoms with Gasteiger partial charge in [-0.1, -0.05) is 48.4 Å². The Morgan fingerprint density at radius 2 is 2.00 bits per heavy atom. The van der Waals surface area contributed by atoms with E-state index in [-0.39, 0.29) is 10.9 Å². The first-order chi connectivity index (χ1) is 15.9.